The number of allylic oxidation sites excluding steroid dienone is 21. The van der Waals surface area contributed by atoms with Gasteiger partial charge in [0.1, 0.15) is 19.3 Å². The summed E-state index contributed by atoms with van der Waals surface area (Å²) in [6.45, 7) is 6.82. The second-order valence-electron chi connectivity index (χ2n) is 23.6. The number of esters is 1. The molecule has 480 valence electrons. The molecule has 10 heteroatoms. The van der Waals surface area contributed by atoms with Crippen molar-refractivity contribution in [3.05, 3.63) is 134 Å². The SMILES string of the molecule is CC/C=C\C/C=C\C/C=C\C/C=C\C/C=C\C/C=C\CCCCC(=O)NC(COP(=O)(O)OCC[N+](C)(C)C)C(/C=C/CCCCCCCCCCCC)OC(=O)CCCCCCCCCCC/C=C\C/C=C\C/C=C\C/C=C\CCCCC. The van der Waals surface area contributed by atoms with Gasteiger partial charge in [-0.15, -0.1) is 0 Å². The Morgan fingerprint density at radius 1 is 0.429 bits per heavy atom. The lowest BCUT2D eigenvalue weighted by Gasteiger charge is -2.27. The van der Waals surface area contributed by atoms with Crippen molar-refractivity contribution in [1.29, 1.82) is 0 Å². The summed E-state index contributed by atoms with van der Waals surface area (Å²) in [6.07, 6.45) is 88.9. The highest BCUT2D eigenvalue weighted by molar-refractivity contribution is 7.47. The van der Waals surface area contributed by atoms with Crippen LogP contribution in [-0.2, 0) is 27.9 Å². The van der Waals surface area contributed by atoms with E-state index in [0.29, 0.717) is 17.4 Å². The van der Waals surface area contributed by atoms with Crippen LogP contribution in [0.25, 0.3) is 0 Å². The summed E-state index contributed by atoms with van der Waals surface area (Å²) in [7, 11) is 1.45. The Hall–Kier alpha value is -3.85. The Morgan fingerprint density at radius 2 is 0.762 bits per heavy atom. The molecular formula is C74H128N2O7P+. The van der Waals surface area contributed by atoms with E-state index in [9.17, 15) is 19.0 Å². The van der Waals surface area contributed by atoms with E-state index in [1.54, 1.807) is 0 Å². The minimum Gasteiger partial charge on any atom is -0.456 e. The fraction of sp³-hybridized carbons (Fsp3) is 0.676. The number of quaternary nitrogens is 1. The molecule has 0 fully saturated rings. The van der Waals surface area contributed by atoms with Crippen molar-refractivity contribution in [2.45, 2.75) is 283 Å². The molecule has 0 aliphatic rings. The zero-order chi connectivity index (χ0) is 61.4. The van der Waals surface area contributed by atoms with E-state index < -0.39 is 20.0 Å². The summed E-state index contributed by atoms with van der Waals surface area (Å²) in [5.41, 5.74) is 0. The van der Waals surface area contributed by atoms with E-state index >= 15 is 0 Å². The highest BCUT2D eigenvalue weighted by Gasteiger charge is 2.30. The minimum absolute atomic E-state index is 0.0234. The molecule has 2 N–H and O–H groups in total. The molecule has 0 saturated heterocycles. The first kappa shape index (κ1) is 80.2. The molecule has 84 heavy (non-hydrogen) atoms. The number of likely N-dealkylation sites (N-methyl/N-ethyl adjacent to an activating group) is 1. The van der Waals surface area contributed by atoms with Crippen molar-refractivity contribution in [3.8, 4) is 0 Å². The van der Waals surface area contributed by atoms with Crippen LogP contribution < -0.4 is 5.32 Å². The zero-order valence-electron chi connectivity index (χ0n) is 54.8. The summed E-state index contributed by atoms with van der Waals surface area (Å²) in [6, 6.07) is -0.885. The monoisotopic (exact) mass is 1190 g/mol. The number of hydrogen-bond donors (Lipinski definition) is 2. The molecule has 0 saturated carbocycles. The molecule has 1 amide bonds. The molecule has 0 aromatic heterocycles. The van der Waals surface area contributed by atoms with Crippen molar-refractivity contribution in [3.63, 3.8) is 0 Å². The first-order valence-corrected chi connectivity index (χ1v) is 35.5. The summed E-state index contributed by atoms with van der Waals surface area (Å²) in [5.74, 6) is -0.569. The van der Waals surface area contributed by atoms with Gasteiger partial charge in [0.05, 0.1) is 33.8 Å². The van der Waals surface area contributed by atoms with Crippen LogP contribution >= 0.6 is 7.82 Å². The van der Waals surface area contributed by atoms with Gasteiger partial charge in [-0.1, -0.05) is 264 Å². The van der Waals surface area contributed by atoms with Crippen LogP contribution in [0.4, 0.5) is 0 Å². The summed E-state index contributed by atoms with van der Waals surface area (Å²) >= 11 is 0. The van der Waals surface area contributed by atoms with E-state index in [-0.39, 0.29) is 37.9 Å². The molecule has 9 nitrogen and oxygen atoms in total. The second kappa shape index (κ2) is 62.2. The van der Waals surface area contributed by atoms with Gasteiger partial charge in [0, 0.05) is 12.8 Å². The maximum Gasteiger partial charge on any atom is 0.472 e. The molecule has 0 spiro atoms. The zero-order valence-corrected chi connectivity index (χ0v) is 55.7. The smallest absolute Gasteiger partial charge is 0.456 e. The number of amides is 1. The predicted molar refractivity (Wildman–Crippen MR) is 364 cm³/mol. The Bertz CT molecular complexity index is 1900. The first-order chi connectivity index (χ1) is 40.9. The van der Waals surface area contributed by atoms with Crippen LogP contribution in [0.3, 0.4) is 0 Å². The van der Waals surface area contributed by atoms with Crippen molar-refractivity contribution in [2.75, 3.05) is 40.9 Å². The van der Waals surface area contributed by atoms with Gasteiger partial charge in [0.2, 0.25) is 5.91 Å². The topological polar surface area (TPSA) is 111 Å². The maximum absolute atomic E-state index is 13.6. The molecular weight excluding hydrogens is 1060 g/mol. The Labute approximate surface area is 517 Å². The number of nitrogens with one attached hydrogen (secondary N) is 1. The van der Waals surface area contributed by atoms with Gasteiger partial charge >= 0.3 is 13.8 Å². The Kier molecular flexibility index (Phi) is 59.4. The normalized spacial score (nSPS) is 14.4. The fourth-order valence-electron chi connectivity index (χ4n) is 9.10. The number of carbonyl (C=O) groups excluding carboxylic acids is 2. The standard InChI is InChI=1S/C74H127N2O7P/c1-7-10-13-16-19-22-25-28-30-32-34-36-37-38-39-41-43-45-47-49-52-55-58-61-64-67-74(78)83-72(65-62-59-56-53-50-27-24-21-18-15-12-9-3)71(70-82-84(79,80)81-69-68-76(4,5)6)75-73(77)66-63-60-57-54-51-48-46-44-42-40-35-33-31-29-26-23-20-17-14-11-8-2/h11,14,19-20,22-23,28-31,34-36,38-40,44,46,51,54,62,65,71-72H,7-10,12-13,15-18,21,24-27,32-33,37,41-43,45,47-50,52-53,55-61,63-64,66-70H2,1-6H3,(H-,75,77,79,80)/p+1/b14-11-,22-19-,23-20-,30-28-,31-29-,36-34-,39-38-,40-35-,46-44-,54-51-,65-62+. The number of rotatable bonds is 60. The number of nitrogens with zero attached hydrogens (tertiary/aromatic N) is 1. The van der Waals surface area contributed by atoms with Gasteiger partial charge in [0.15, 0.2) is 0 Å². The Morgan fingerprint density at radius 3 is 1.18 bits per heavy atom. The quantitative estimate of drug-likeness (QED) is 0.0205. The van der Waals surface area contributed by atoms with Gasteiger partial charge in [-0.2, -0.15) is 0 Å². The van der Waals surface area contributed by atoms with E-state index in [1.807, 2.05) is 33.3 Å². The number of carbonyl (C=O) groups is 2. The third-order valence-electron chi connectivity index (χ3n) is 14.3. The third kappa shape index (κ3) is 62.7. The number of ether oxygens (including phenoxy) is 1. The Balaban J connectivity index is 5.23. The van der Waals surface area contributed by atoms with Crippen LogP contribution in [0.1, 0.15) is 271 Å². The lowest BCUT2D eigenvalue weighted by molar-refractivity contribution is -0.870. The van der Waals surface area contributed by atoms with E-state index in [4.69, 9.17) is 13.8 Å². The van der Waals surface area contributed by atoms with Crippen molar-refractivity contribution in [1.82, 2.24) is 5.32 Å². The largest absolute Gasteiger partial charge is 0.472 e. The number of phosphoric ester groups is 1. The summed E-state index contributed by atoms with van der Waals surface area (Å²) in [4.78, 5) is 37.8. The molecule has 0 aromatic carbocycles. The lowest BCUT2D eigenvalue weighted by Crippen LogP contribution is -2.47. The minimum atomic E-state index is -4.48. The average molecular weight is 1190 g/mol. The molecule has 0 aliphatic heterocycles. The molecule has 0 radical (unpaired) electrons. The third-order valence-corrected chi connectivity index (χ3v) is 15.3. The molecule has 0 rings (SSSR count). The average Bonchev–Trinajstić information content (AvgIpc) is 3.64. The highest BCUT2D eigenvalue weighted by Crippen LogP contribution is 2.43. The van der Waals surface area contributed by atoms with Crippen molar-refractivity contribution in [2.24, 2.45) is 0 Å². The van der Waals surface area contributed by atoms with Crippen LogP contribution in [0.15, 0.2) is 134 Å². The van der Waals surface area contributed by atoms with Crippen LogP contribution in [0.2, 0.25) is 0 Å². The van der Waals surface area contributed by atoms with Gasteiger partial charge in [-0.25, -0.2) is 4.57 Å². The maximum atomic E-state index is 13.6. The summed E-state index contributed by atoms with van der Waals surface area (Å²) in [5, 5.41) is 3.03. The molecule has 3 unspecified atom stereocenters. The second-order valence-corrected chi connectivity index (χ2v) is 25.1. The molecule has 0 aromatic rings. The van der Waals surface area contributed by atoms with Crippen molar-refractivity contribution < 1.29 is 37.3 Å². The lowest BCUT2D eigenvalue weighted by atomic mass is 10.0. The molecule has 0 bridgehead atoms. The van der Waals surface area contributed by atoms with Gasteiger partial charge < -0.3 is 19.4 Å². The number of phosphoric acid groups is 1. The summed E-state index contributed by atoms with van der Waals surface area (Å²) < 4.78 is 30.7. The van der Waals surface area contributed by atoms with Crippen LogP contribution in [-0.4, -0.2) is 74.3 Å². The van der Waals surface area contributed by atoms with E-state index in [0.717, 1.165) is 122 Å². The molecule has 0 heterocycles. The molecule has 0 aliphatic carbocycles. The fourth-order valence-corrected chi connectivity index (χ4v) is 9.84. The van der Waals surface area contributed by atoms with E-state index in [2.05, 4.69) is 148 Å². The predicted octanol–water partition coefficient (Wildman–Crippen LogP) is 21.6. The van der Waals surface area contributed by atoms with Gasteiger partial charge in [-0.05, 0) is 128 Å². The molecule has 3 atom stereocenters. The highest BCUT2D eigenvalue weighted by atomic mass is 31.2. The van der Waals surface area contributed by atoms with Gasteiger partial charge in [0.25, 0.3) is 0 Å². The van der Waals surface area contributed by atoms with E-state index in [1.165, 1.54) is 109 Å². The van der Waals surface area contributed by atoms with Crippen LogP contribution in [0, 0.1) is 0 Å². The van der Waals surface area contributed by atoms with Crippen LogP contribution in [0.5, 0.6) is 0 Å². The number of unbranched alkanes of at least 4 members (excludes halogenated alkanes) is 24. The first-order valence-electron chi connectivity index (χ1n) is 34.0. The number of hydrogen-bond acceptors (Lipinski definition) is 6. The van der Waals surface area contributed by atoms with Crippen molar-refractivity contribution >= 4 is 19.7 Å². The van der Waals surface area contributed by atoms with Gasteiger partial charge in [-0.3, -0.25) is 18.6 Å².